The van der Waals surface area contributed by atoms with Crippen molar-refractivity contribution in [1.82, 2.24) is 9.78 Å². The fraction of sp³-hybridized carbons (Fsp3) is 0.357. The van der Waals surface area contributed by atoms with Crippen LogP contribution in [0.3, 0.4) is 0 Å². The van der Waals surface area contributed by atoms with Gasteiger partial charge in [0, 0.05) is 11.3 Å². The van der Waals surface area contributed by atoms with Crippen LogP contribution < -0.4 is 4.74 Å². The van der Waals surface area contributed by atoms with E-state index in [2.05, 4.69) is 18.1 Å². The largest absolute Gasteiger partial charge is 0.494 e. The molecule has 0 N–H and O–H groups in total. The number of benzene rings is 1. The van der Waals surface area contributed by atoms with Crippen LogP contribution in [0.1, 0.15) is 22.5 Å². The minimum absolute atomic E-state index is 0.478. The first-order valence-electron chi connectivity index (χ1n) is 5.84. The molecule has 0 unspecified atom stereocenters. The van der Waals surface area contributed by atoms with Crippen molar-refractivity contribution < 1.29 is 4.74 Å². The first-order valence-corrected chi connectivity index (χ1v) is 6.38. The number of aryl methyl sites for hydroxylation is 2. The van der Waals surface area contributed by atoms with Gasteiger partial charge < -0.3 is 4.74 Å². The van der Waals surface area contributed by atoms with Gasteiger partial charge in [0.1, 0.15) is 11.4 Å². The number of nitrogens with zero attached hydrogens (tertiary/aromatic N) is 2. The molecule has 0 aliphatic rings. The van der Waals surface area contributed by atoms with Crippen LogP contribution in [0.5, 0.6) is 5.75 Å². The molecule has 0 bridgehead atoms. The Bertz CT molecular complexity index is 575. The summed E-state index contributed by atoms with van der Waals surface area (Å²) in [5, 5.41) is 4.55. The summed E-state index contributed by atoms with van der Waals surface area (Å²) in [5.74, 6) is 1.29. The third-order valence-corrected chi connectivity index (χ3v) is 3.40. The lowest BCUT2D eigenvalue weighted by Crippen LogP contribution is -2.02. The van der Waals surface area contributed by atoms with Crippen molar-refractivity contribution in [2.75, 3.05) is 7.11 Å². The predicted molar refractivity (Wildman–Crippen MR) is 73.9 cm³/mol. The van der Waals surface area contributed by atoms with Gasteiger partial charge in [0.2, 0.25) is 0 Å². The minimum Gasteiger partial charge on any atom is -0.494 e. The third kappa shape index (κ3) is 2.10. The molecule has 2 aromatic rings. The number of ether oxygens (including phenoxy) is 1. The highest BCUT2D eigenvalue weighted by Crippen LogP contribution is 2.27. The quantitative estimate of drug-likeness (QED) is 0.793. The van der Waals surface area contributed by atoms with Crippen molar-refractivity contribution in [1.29, 1.82) is 0 Å². The molecule has 0 radical (unpaired) electrons. The van der Waals surface area contributed by atoms with Crippen molar-refractivity contribution in [3.05, 3.63) is 40.7 Å². The Hall–Kier alpha value is -1.48. The van der Waals surface area contributed by atoms with Crippen LogP contribution in [-0.4, -0.2) is 16.9 Å². The van der Waals surface area contributed by atoms with Gasteiger partial charge in [0.05, 0.1) is 18.7 Å². The van der Waals surface area contributed by atoms with E-state index in [1.807, 2.05) is 30.7 Å². The fourth-order valence-corrected chi connectivity index (χ4v) is 2.46. The lowest BCUT2D eigenvalue weighted by Gasteiger charge is -2.11. The maximum atomic E-state index is 5.96. The summed E-state index contributed by atoms with van der Waals surface area (Å²) in [7, 11) is 1.67. The van der Waals surface area contributed by atoms with Gasteiger partial charge in [-0.2, -0.15) is 5.10 Å². The van der Waals surface area contributed by atoms with Gasteiger partial charge in [0.25, 0.3) is 0 Å². The molecule has 96 valence electrons. The SMILES string of the molecule is COc1ccc(C)cc1-n1nc(C)c(CCl)c1C. The van der Waals surface area contributed by atoms with Crippen LogP contribution >= 0.6 is 11.6 Å². The molecule has 0 saturated carbocycles. The molecular weight excluding hydrogens is 248 g/mol. The molecule has 0 spiro atoms. The van der Waals surface area contributed by atoms with Crippen LogP contribution in [0.2, 0.25) is 0 Å². The van der Waals surface area contributed by atoms with Gasteiger partial charge in [0.15, 0.2) is 0 Å². The average Bonchev–Trinajstić information content (AvgIpc) is 2.64. The molecule has 2 rings (SSSR count). The van der Waals surface area contributed by atoms with E-state index in [1.165, 1.54) is 5.56 Å². The van der Waals surface area contributed by atoms with E-state index in [0.29, 0.717) is 5.88 Å². The highest BCUT2D eigenvalue weighted by atomic mass is 35.5. The maximum absolute atomic E-state index is 5.96. The summed E-state index contributed by atoms with van der Waals surface area (Å²) in [6, 6.07) is 6.05. The highest BCUT2D eigenvalue weighted by molar-refractivity contribution is 6.17. The summed E-state index contributed by atoms with van der Waals surface area (Å²) < 4.78 is 7.30. The van der Waals surface area contributed by atoms with Crippen LogP contribution in [0.25, 0.3) is 5.69 Å². The number of alkyl halides is 1. The Morgan fingerprint density at radius 2 is 2.00 bits per heavy atom. The van der Waals surface area contributed by atoms with Crippen molar-refractivity contribution in [3.63, 3.8) is 0 Å². The summed E-state index contributed by atoms with van der Waals surface area (Å²) >= 11 is 5.96. The first-order chi connectivity index (χ1) is 8.58. The molecule has 0 aliphatic carbocycles. The maximum Gasteiger partial charge on any atom is 0.144 e. The van der Waals surface area contributed by atoms with Crippen molar-refractivity contribution >= 4 is 11.6 Å². The van der Waals surface area contributed by atoms with Gasteiger partial charge in [-0.25, -0.2) is 4.68 Å². The number of halogens is 1. The van der Waals surface area contributed by atoms with Gasteiger partial charge in [-0.3, -0.25) is 0 Å². The Morgan fingerprint density at radius 1 is 1.28 bits per heavy atom. The predicted octanol–water partition coefficient (Wildman–Crippen LogP) is 3.54. The molecule has 3 nitrogen and oxygen atoms in total. The van der Waals surface area contributed by atoms with Gasteiger partial charge in [-0.15, -0.1) is 11.6 Å². The lowest BCUT2D eigenvalue weighted by molar-refractivity contribution is 0.411. The monoisotopic (exact) mass is 264 g/mol. The van der Waals surface area contributed by atoms with E-state index >= 15 is 0 Å². The van der Waals surface area contributed by atoms with Crippen LogP contribution in [0, 0.1) is 20.8 Å². The molecule has 0 aliphatic heterocycles. The van der Waals surface area contributed by atoms with E-state index in [4.69, 9.17) is 16.3 Å². The molecule has 1 aromatic carbocycles. The summed E-state index contributed by atoms with van der Waals surface area (Å²) in [6.45, 7) is 6.06. The van der Waals surface area contributed by atoms with Crippen molar-refractivity contribution in [3.8, 4) is 11.4 Å². The fourth-order valence-electron chi connectivity index (χ4n) is 2.07. The summed E-state index contributed by atoms with van der Waals surface area (Å²) in [4.78, 5) is 0. The smallest absolute Gasteiger partial charge is 0.144 e. The van der Waals surface area contributed by atoms with Crippen LogP contribution in [-0.2, 0) is 5.88 Å². The van der Waals surface area contributed by atoms with Crippen molar-refractivity contribution in [2.45, 2.75) is 26.7 Å². The Labute approximate surface area is 112 Å². The third-order valence-electron chi connectivity index (χ3n) is 3.14. The first kappa shape index (κ1) is 13.0. The van der Waals surface area contributed by atoms with Gasteiger partial charge in [-0.05, 0) is 38.5 Å². The zero-order chi connectivity index (χ0) is 13.3. The zero-order valence-corrected chi connectivity index (χ0v) is 11.9. The Morgan fingerprint density at radius 3 is 2.56 bits per heavy atom. The lowest BCUT2D eigenvalue weighted by atomic mass is 10.2. The van der Waals surface area contributed by atoms with E-state index in [9.17, 15) is 0 Å². The second kappa shape index (κ2) is 5.02. The molecule has 0 saturated heterocycles. The molecule has 1 aromatic heterocycles. The number of hydrogen-bond donors (Lipinski definition) is 0. The van der Waals surface area contributed by atoms with Gasteiger partial charge in [-0.1, -0.05) is 6.07 Å². The average molecular weight is 265 g/mol. The van der Waals surface area contributed by atoms with E-state index in [1.54, 1.807) is 7.11 Å². The van der Waals surface area contributed by atoms with Crippen LogP contribution in [0.4, 0.5) is 0 Å². The van der Waals surface area contributed by atoms with Crippen LogP contribution in [0.15, 0.2) is 18.2 Å². The molecule has 1 heterocycles. The Balaban J connectivity index is 2.65. The zero-order valence-electron chi connectivity index (χ0n) is 11.1. The van der Waals surface area contributed by atoms with Gasteiger partial charge >= 0.3 is 0 Å². The molecular formula is C14H17ClN2O. The number of aromatic nitrogens is 2. The second-order valence-electron chi connectivity index (χ2n) is 4.37. The van der Waals surface area contributed by atoms with Crippen molar-refractivity contribution in [2.24, 2.45) is 0 Å². The Kier molecular flexibility index (Phi) is 3.62. The molecule has 0 fully saturated rings. The molecule has 0 atom stereocenters. The number of hydrogen-bond acceptors (Lipinski definition) is 2. The summed E-state index contributed by atoms with van der Waals surface area (Å²) in [6.07, 6.45) is 0. The second-order valence-corrected chi connectivity index (χ2v) is 4.64. The normalized spacial score (nSPS) is 10.7. The van der Waals surface area contributed by atoms with E-state index < -0.39 is 0 Å². The number of rotatable bonds is 3. The summed E-state index contributed by atoms with van der Waals surface area (Å²) in [5.41, 5.74) is 5.23. The topological polar surface area (TPSA) is 27.1 Å². The molecule has 18 heavy (non-hydrogen) atoms. The van der Waals surface area contributed by atoms with E-state index in [-0.39, 0.29) is 0 Å². The molecule has 0 amide bonds. The van der Waals surface area contributed by atoms with E-state index in [0.717, 1.165) is 28.4 Å². The standard InChI is InChI=1S/C14H17ClN2O/c1-9-5-6-14(18-4)13(7-9)17-11(3)12(8-15)10(2)16-17/h5-7H,8H2,1-4H3. The minimum atomic E-state index is 0.478. The number of methoxy groups -OCH3 is 1. The molecule has 4 heteroatoms. The highest BCUT2D eigenvalue weighted by Gasteiger charge is 2.14.